The number of anilines is 1. The Hall–Kier alpha value is -2.37. The first-order chi connectivity index (χ1) is 11.4. The van der Waals surface area contributed by atoms with Crippen molar-refractivity contribution in [2.75, 3.05) is 5.32 Å². The van der Waals surface area contributed by atoms with Crippen molar-refractivity contribution in [3.8, 4) is 0 Å². The van der Waals surface area contributed by atoms with Gasteiger partial charge in [0.15, 0.2) is 0 Å². The average Bonchev–Trinajstić information content (AvgIpc) is 3.01. The Morgan fingerprint density at radius 2 is 2.00 bits per heavy atom. The molecule has 2 heterocycles. The van der Waals surface area contributed by atoms with Crippen molar-refractivity contribution in [3.05, 3.63) is 41.3 Å². The zero-order valence-electron chi connectivity index (χ0n) is 14.6. The molecule has 0 aromatic carbocycles. The molecule has 0 atom stereocenters. The molecule has 128 valence electrons. The smallest absolute Gasteiger partial charge is 0.320 e. The van der Waals surface area contributed by atoms with Gasteiger partial charge < -0.3 is 5.32 Å². The van der Waals surface area contributed by atoms with E-state index in [1.807, 2.05) is 27.0 Å². The summed E-state index contributed by atoms with van der Waals surface area (Å²) in [5.74, 6) is 0.683. The van der Waals surface area contributed by atoms with Gasteiger partial charge in [0.2, 0.25) is 0 Å². The second-order valence-corrected chi connectivity index (χ2v) is 7.21. The van der Waals surface area contributed by atoms with Gasteiger partial charge in [-0.3, -0.25) is 10.3 Å². The third-order valence-electron chi connectivity index (χ3n) is 4.30. The van der Waals surface area contributed by atoms with Gasteiger partial charge in [0.25, 0.3) is 0 Å². The van der Waals surface area contributed by atoms with Gasteiger partial charge in [0, 0.05) is 12.3 Å². The van der Waals surface area contributed by atoms with E-state index in [0.717, 1.165) is 18.5 Å². The lowest BCUT2D eigenvalue weighted by Gasteiger charge is -2.22. The van der Waals surface area contributed by atoms with Gasteiger partial charge >= 0.3 is 6.03 Å². The number of nitrogens with zero attached hydrogens (tertiary/aromatic N) is 3. The topological polar surface area (TPSA) is 71.8 Å². The van der Waals surface area contributed by atoms with Gasteiger partial charge in [0.1, 0.15) is 5.82 Å². The molecule has 0 unspecified atom stereocenters. The van der Waals surface area contributed by atoms with Gasteiger partial charge in [0.05, 0.1) is 24.0 Å². The Bertz CT molecular complexity index is 729. The molecule has 0 radical (unpaired) electrons. The minimum Gasteiger partial charge on any atom is -0.332 e. The average molecular weight is 327 g/mol. The number of hydrogen-bond acceptors (Lipinski definition) is 3. The summed E-state index contributed by atoms with van der Waals surface area (Å²) in [6.07, 6.45) is 8.13. The van der Waals surface area contributed by atoms with E-state index in [4.69, 9.17) is 0 Å². The van der Waals surface area contributed by atoms with Crippen LogP contribution in [0.5, 0.6) is 0 Å². The highest BCUT2D eigenvalue weighted by Crippen LogP contribution is 2.23. The van der Waals surface area contributed by atoms with E-state index in [1.54, 1.807) is 16.9 Å². The second-order valence-electron chi connectivity index (χ2n) is 7.21. The van der Waals surface area contributed by atoms with Crippen LogP contribution in [0.2, 0.25) is 0 Å². The first-order valence-corrected chi connectivity index (χ1v) is 8.50. The summed E-state index contributed by atoms with van der Waals surface area (Å²) in [7, 11) is 0. The summed E-state index contributed by atoms with van der Waals surface area (Å²) in [5, 5.41) is 10.1. The molecule has 2 N–H and O–H groups in total. The monoisotopic (exact) mass is 327 g/mol. The molecule has 0 aliphatic heterocycles. The third kappa shape index (κ3) is 3.58. The maximum atomic E-state index is 12.2. The lowest BCUT2D eigenvalue weighted by atomic mass is 9.91. The van der Waals surface area contributed by atoms with Crippen molar-refractivity contribution in [1.82, 2.24) is 20.1 Å². The molecule has 0 spiro atoms. The van der Waals surface area contributed by atoms with Crippen molar-refractivity contribution in [2.45, 2.75) is 58.5 Å². The minimum absolute atomic E-state index is 0.188. The van der Waals surface area contributed by atoms with Crippen LogP contribution in [0.25, 0.3) is 0 Å². The molecule has 24 heavy (non-hydrogen) atoms. The predicted molar refractivity (Wildman–Crippen MR) is 94.0 cm³/mol. The van der Waals surface area contributed by atoms with Crippen LogP contribution >= 0.6 is 0 Å². The quantitative estimate of drug-likeness (QED) is 0.909. The number of aromatic nitrogens is 3. The first-order valence-electron chi connectivity index (χ1n) is 8.50. The van der Waals surface area contributed by atoms with E-state index >= 15 is 0 Å². The number of amides is 2. The Morgan fingerprint density at radius 1 is 1.21 bits per heavy atom. The van der Waals surface area contributed by atoms with Gasteiger partial charge in [-0.1, -0.05) is 0 Å². The largest absolute Gasteiger partial charge is 0.332 e. The molecule has 1 aliphatic rings. The fraction of sp³-hybridized carbons (Fsp3) is 0.500. The van der Waals surface area contributed by atoms with Crippen LogP contribution in [0.3, 0.4) is 0 Å². The van der Waals surface area contributed by atoms with E-state index in [-0.39, 0.29) is 11.6 Å². The highest BCUT2D eigenvalue weighted by atomic mass is 16.2. The maximum Gasteiger partial charge on any atom is 0.320 e. The number of pyridine rings is 1. The third-order valence-corrected chi connectivity index (χ3v) is 4.30. The molecule has 0 bridgehead atoms. The van der Waals surface area contributed by atoms with Crippen molar-refractivity contribution >= 4 is 11.8 Å². The fourth-order valence-electron chi connectivity index (χ4n) is 3.15. The number of urea groups is 1. The van der Waals surface area contributed by atoms with Crippen LogP contribution in [-0.4, -0.2) is 20.8 Å². The summed E-state index contributed by atoms with van der Waals surface area (Å²) in [4.78, 5) is 16.7. The Balaban J connectivity index is 1.64. The zero-order chi connectivity index (χ0) is 17.2. The Labute approximate surface area is 142 Å². The number of rotatable bonds is 3. The number of fused-ring (bicyclic) bond motifs is 1. The number of carbonyl (C=O) groups excluding carboxylic acids is 1. The number of hydrogen-bond donors (Lipinski definition) is 2. The standard InChI is InChI=1S/C18H25N5O/c1-18(2,3)23-16(9-11-21-23)22-17(24)20-12-15-14-7-5-4-6-13(14)8-10-19-15/h8-11H,4-7,12H2,1-3H3,(H2,20,22,24). The number of nitrogens with one attached hydrogen (secondary N) is 2. The van der Waals surface area contributed by atoms with Crippen LogP contribution in [-0.2, 0) is 24.9 Å². The Kier molecular flexibility index (Phi) is 4.55. The van der Waals surface area contributed by atoms with Crippen LogP contribution in [0.4, 0.5) is 10.6 Å². The fourth-order valence-corrected chi connectivity index (χ4v) is 3.15. The highest BCUT2D eigenvalue weighted by Gasteiger charge is 2.19. The zero-order valence-corrected chi connectivity index (χ0v) is 14.6. The van der Waals surface area contributed by atoms with Crippen LogP contribution in [0.1, 0.15) is 50.4 Å². The number of aryl methyl sites for hydroxylation is 1. The molecular weight excluding hydrogens is 302 g/mol. The summed E-state index contributed by atoms with van der Waals surface area (Å²) in [6.45, 7) is 6.58. The van der Waals surface area contributed by atoms with Crippen LogP contribution < -0.4 is 10.6 Å². The molecule has 1 aliphatic carbocycles. The van der Waals surface area contributed by atoms with E-state index in [9.17, 15) is 4.79 Å². The lowest BCUT2D eigenvalue weighted by molar-refractivity contribution is 0.251. The van der Waals surface area contributed by atoms with E-state index in [2.05, 4.69) is 26.8 Å². The van der Waals surface area contributed by atoms with E-state index in [0.29, 0.717) is 12.4 Å². The molecule has 0 fully saturated rings. The van der Waals surface area contributed by atoms with Gasteiger partial charge in [-0.25, -0.2) is 9.48 Å². The van der Waals surface area contributed by atoms with Gasteiger partial charge in [-0.15, -0.1) is 0 Å². The molecular formula is C18H25N5O. The molecule has 6 heteroatoms. The van der Waals surface area contributed by atoms with E-state index < -0.39 is 0 Å². The number of carbonyl (C=O) groups is 1. The maximum absolute atomic E-state index is 12.2. The molecule has 3 rings (SSSR count). The molecule has 2 aromatic rings. The summed E-state index contributed by atoms with van der Waals surface area (Å²) >= 11 is 0. The SMILES string of the molecule is CC(C)(C)n1nccc1NC(=O)NCc1nccc2c1CCCC2. The van der Waals surface area contributed by atoms with Crippen molar-refractivity contribution < 1.29 is 4.79 Å². The molecule has 0 saturated heterocycles. The van der Waals surface area contributed by atoms with Crippen LogP contribution in [0.15, 0.2) is 24.5 Å². The molecule has 2 aromatic heterocycles. The van der Waals surface area contributed by atoms with E-state index in [1.165, 1.54) is 24.0 Å². The second kappa shape index (κ2) is 6.63. The minimum atomic E-state index is -0.240. The summed E-state index contributed by atoms with van der Waals surface area (Å²) < 4.78 is 1.80. The lowest BCUT2D eigenvalue weighted by Crippen LogP contribution is -2.32. The molecule has 0 saturated carbocycles. The molecule has 2 amide bonds. The van der Waals surface area contributed by atoms with Crippen LogP contribution in [0, 0.1) is 0 Å². The Morgan fingerprint density at radius 3 is 2.79 bits per heavy atom. The summed E-state index contributed by atoms with van der Waals surface area (Å²) in [5.41, 5.74) is 3.47. The highest BCUT2D eigenvalue weighted by molar-refractivity contribution is 5.88. The summed E-state index contributed by atoms with van der Waals surface area (Å²) in [6, 6.07) is 3.66. The molecule has 6 nitrogen and oxygen atoms in total. The van der Waals surface area contributed by atoms with Crippen molar-refractivity contribution in [1.29, 1.82) is 0 Å². The first kappa shape index (κ1) is 16.5. The van der Waals surface area contributed by atoms with Gasteiger partial charge in [-0.05, 0) is 63.6 Å². The van der Waals surface area contributed by atoms with Crippen molar-refractivity contribution in [3.63, 3.8) is 0 Å². The van der Waals surface area contributed by atoms with Crippen molar-refractivity contribution in [2.24, 2.45) is 0 Å². The normalized spacial score (nSPS) is 14.1. The predicted octanol–water partition coefficient (Wildman–Crippen LogP) is 3.23. The van der Waals surface area contributed by atoms with Gasteiger partial charge in [-0.2, -0.15) is 5.10 Å².